The van der Waals surface area contributed by atoms with E-state index in [1.54, 1.807) is 31.2 Å². The summed E-state index contributed by atoms with van der Waals surface area (Å²) in [6.07, 6.45) is 1.28. The molecule has 2 heterocycles. The fraction of sp³-hybridized carbons (Fsp3) is 0.182. The van der Waals surface area contributed by atoms with E-state index < -0.39 is 16.4 Å². The summed E-state index contributed by atoms with van der Waals surface area (Å²) in [6, 6.07) is 11.0. The normalized spacial score (nSPS) is 10.9. The molecular weight excluding hydrogens is 510 g/mol. The van der Waals surface area contributed by atoms with Gasteiger partial charge < -0.3 is 13.7 Å². The molecule has 11 nitrogen and oxygen atoms in total. The summed E-state index contributed by atoms with van der Waals surface area (Å²) in [4.78, 5) is 35.3. The van der Waals surface area contributed by atoms with Crippen LogP contribution in [0.15, 0.2) is 55.2 Å². The topological polar surface area (TPSA) is 153 Å². The summed E-state index contributed by atoms with van der Waals surface area (Å²) in [6.45, 7) is 1.36. The number of non-ortho nitro benzene ring substituents is 1. The fourth-order valence-electron chi connectivity index (χ4n) is 3.12. The largest absolute Gasteiger partial charge is 0.455 e. The molecule has 0 atom stereocenters. The maximum Gasteiger partial charge on any atom is 0.269 e. The Kier molecular flexibility index (Phi) is 7.72. The highest BCUT2D eigenvalue weighted by Gasteiger charge is 2.19. The molecule has 174 valence electrons. The van der Waals surface area contributed by atoms with Crippen LogP contribution in [0.5, 0.6) is 0 Å². The number of hydrogen-bond acceptors (Lipinski definition) is 8. The van der Waals surface area contributed by atoms with Crippen LogP contribution in [0.1, 0.15) is 22.6 Å². The van der Waals surface area contributed by atoms with Crippen molar-refractivity contribution in [2.75, 3.05) is 7.11 Å². The van der Waals surface area contributed by atoms with E-state index in [4.69, 9.17) is 9.15 Å². The van der Waals surface area contributed by atoms with Gasteiger partial charge in [0.1, 0.15) is 29.7 Å². The minimum Gasteiger partial charge on any atom is -0.455 e. The van der Waals surface area contributed by atoms with E-state index in [9.17, 15) is 25.0 Å². The van der Waals surface area contributed by atoms with Crippen LogP contribution >= 0.6 is 15.9 Å². The van der Waals surface area contributed by atoms with Crippen molar-refractivity contribution in [3.8, 4) is 17.4 Å². The lowest BCUT2D eigenvalue weighted by Gasteiger charge is -2.15. The fourth-order valence-corrected chi connectivity index (χ4v) is 3.65. The summed E-state index contributed by atoms with van der Waals surface area (Å²) in [5.74, 6) is 0.217. The standard InChI is InChI=1S/C22H18BrN5O6/c1-13-21(23)18(12-33-2)17(9-24)22(30)27(13)11-20(29)26-25-10-16-7-8-19(34-16)14-3-5-15(6-4-14)28(31)32/h3-8,10H,11-12H2,1-2H3,(H,26,29). The minimum absolute atomic E-state index is 0.0311. The van der Waals surface area contributed by atoms with Gasteiger partial charge in [0.25, 0.3) is 17.2 Å². The van der Waals surface area contributed by atoms with E-state index in [0.717, 1.165) is 0 Å². The molecule has 0 aliphatic rings. The van der Waals surface area contributed by atoms with E-state index in [2.05, 4.69) is 26.5 Å². The van der Waals surface area contributed by atoms with Gasteiger partial charge in [-0.3, -0.25) is 19.7 Å². The Hall–Kier alpha value is -4.08. The number of hydrogen-bond donors (Lipinski definition) is 1. The SMILES string of the molecule is COCc1c(Br)c(C)n(CC(=O)NN=Cc2ccc(-c3ccc([N+](=O)[O-])cc3)o2)c(=O)c1C#N. The Labute approximate surface area is 201 Å². The van der Waals surface area contributed by atoms with Gasteiger partial charge in [0.15, 0.2) is 0 Å². The molecule has 0 radical (unpaired) electrons. The van der Waals surface area contributed by atoms with Crippen molar-refractivity contribution < 1.29 is 18.9 Å². The Balaban J connectivity index is 1.70. The summed E-state index contributed by atoms with van der Waals surface area (Å²) in [5.41, 5.74) is 3.10. The van der Waals surface area contributed by atoms with E-state index >= 15 is 0 Å². The number of methoxy groups -OCH3 is 1. The Bertz CT molecular complexity index is 1370. The lowest BCUT2D eigenvalue weighted by atomic mass is 10.1. The quantitative estimate of drug-likeness (QED) is 0.268. The lowest BCUT2D eigenvalue weighted by Crippen LogP contribution is -2.33. The predicted octanol–water partition coefficient (Wildman–Crippen LogP) is 3.26. The molecule has 0 saturated carbocycles. The molecule has 1 N–H and O–H groups in total. The van der Waals surface area contributed by atoms with Crippen molar-refractivity contribution in [1.29, 1.82) is 5.26 Å². The Morgan fingerprint density at radius 3 is 2.68 bits per heavy atom. The smallest absolute Gasteiger partial charge is 0.269 e. The average molecular weight is 528 g/mol. The molecule has 3 aromatic rings. The number of carbonyl (C=O) groups is 1. The predicted molar refractivity (Wildman–Crippen MR) is 125 cm³/mol. The van der Waals surface area contributed by atoms with Crippen LogP contribution in [0, 0.1) is 28.4 Å². The van der Waals surface area contributed by atoms with E-state index in [0.29, 0.717) is 32.8 Å². The number of nitro groups is 1. The van der Waals surface area contributed by atoms with Crippen LogP contribution < -0.4 is 11.0 Å². The monoisotopic (exact) mass is 527 g/mol. The highest BCUT2D eigenvalue weighted by Crippen LogP contribution is 2.24. The number of pyridine rings is 1. The minimum atomic E-state index is -0.604. The second-order valence-electron chi connectivity index (χ2n) is 6.99. The number of amides is 1. The molecule has 0 fully saturated rings. The first-order chi connectivity index (χ1) is 16.3. The third kappa shape index (κ3) is 5.28. The zero-order chi connectivity index (χ0) is 24.8. The van der Waals surface area contributed by atoms with Crippen LogP contribution in [0.2, 0.25) is 0 Å². The van der Waals surface area contributed by atoms with Crippen molar-refractivity contribution in [3.05, 3.63) is 83.9 Å². The first-order valence-electron chi connectivity index (χ1n) is 9.74. The van der Waals surface area contributed by atoms with Crippen LogP contribution in [0.25, 0.3) is 11.3 Å². The maximum atomic E-state index is 12.7. The zero-order valence-electron chi connectivity index (χ0n) is 18.1. The van der Waals surface area contributed by atoms with Crippen molar-refractivity contribution in [3.63, 3.8) is 0 Å². The maximum absolute atomic E-state index is 12.7. The Morgan fingerprint density at radius 2 is 2.06 bits per heavy atom. The molecule has 0 unspecified atom stereocenters. The van der Waals surface area contributed by atoms with Crippen LogP contribution in [0.4, 0.5) is 5.69 Å². The number of ether oxygens (including phenoxy) is 1. The number of carbonyl (C=O) groups excluding carboxylic acids is 1. The highest BCUT2D eigenvalue weighted by atomic mass is 79.9. The number of nitrogens with zero attached hydrogens (tertiary/aromatic N) is 4. The first-order valence-corrected chi connectivity index (χ1v) is 10.5. The third-order valence-corrected chi connectivity index (χ3v) is 5.87. The van der Waals surface area contributed by atoms with Crippen molar-refractivity contribution >= 4 is 33.7 Å². The third-order valence-electron chi connectivity index (χ3n) is 4.82. The van der Waals surface area contributed by atoms with Crippen LogP contribution in [0.3, 0.4) is 0 Å². The van der Waals surface area contributed by atoms with Gasteiger partial charge in [-0.05, 0) is 47.1 Å². The summed E-state index contributed by atoms with van der Waals surface area (Å²) in [7, 11) is 1.45. The molecule has 0 spiro atoms. The molecule has 12 heteroatoms. The summed E-state index contributed by atoms with van der Waals surface area (Å²) < 4.78 is 12.4. The second-order valence-corrected chi connectivity index (χ2v) is 7.78. The van der Waals surface area contributed by atoms with Crippen molar-refractivity contribution in [2.24, 2.45) is 5.10 Å². The van der Waals surface area contributed by atoms with Crippen molar-refractivity contribution in [2.45, 2.75) is 20.1 Å². The van der Waals surface area contributed by atoms with Crippen LogP contribution in [-0.2, 0) is 22.7 Å². The van der Waals surface area contributed by atoms with E-state index in [-0.39, 0.29) is 24.4 Å². The molecular formula is C22H18BrN5O6. The van der Waals surface area contributed by atoms with Gasteiger partial charge in [-0.1, -0.05) is 0 Å². The number of benzene rings is 1. The van der Waals surface area contributed by atoms with Gasteiger partial charge in [0.05, 0.1) is 17.7 Å². The molecule has 3 rings (SSSR count). The molecule has 0 aliphatic heterocycles. The van der Waals surface area contributed by atoms with Crippen LogP contribution in [-0.4, -0.2) is 28.7 Å². The zero-order valence-corrected chi connectivity index (χ0v) is 19.7. The molecule has 34 heavy (non-hydrogen) atoms. The molecule has 1 aromatic carbocycles. The second kappa shape index (κ2) is 10.7. The number of aromatic nitrogens is 1. The number of halogens is 1. The molecule has 2 aromatic heterocycles. The van der Waals surface area contributed by atoms with Gasteiger partial charge in [-0.15, -0.1) is 0 Å². The molecule has 0 saturated heterocycles. The molecule has 1 amide bonds. The highest BCUT2D eigenvalue weighted by molar-refractivity contribution is 9.10. The number of nitro benzene ring substituents is 1. The molecule has 0 bridgehead atoms. The number of nitriles is 1. The van der Waals surface area contributed by atoms with E-state index in [1.165, 1.54) is 30.0 Å². The number of hydrazone groups is 1. The van der Waals surface area contributed by atoms with Gasteiger partial charge in [-0.25, -0.2) is 5.43 Å². The van der Waals surface area contributed by atoms with Gasteiger partial charge in [0.2, 0.25) is 0 Å². The summed E-state index contributed by atoms with van der Waals surface area (Å²) in [5, 5.41) is 24.0. The number of nitrogens with one attached hydrogen (secondary N) is 1. The van der Waals surface area contributed by atoms with Gasteiger partial charge >= 0.3 is 0 Å². The van der Waals surface area contributed by atoms with Gasteiger partial charge in [-0.2, -0.15) is 10.4 Å². The Morgan fingerprint density at radius 1 is 1.35 bits per heavy atom. The van der Waals surface area contributed by atoms with Crippen molar-refractivity contribution in [1.82, 2.24) is 9.99 Å². The average Bonchev–Trinajstić information content (AvgIpc) is 3.29. The van der Waals surface area contributed by atoms with E-state index in [1.807, 2.05) is 6.07 Å². The number of rotatable bonds is 8. The van der Waals surface area contributed by atoms with Gasteiger partial charge in [0, 0.05) is 40.5 Å². The number of furan rings is 1. The summed E-state index contributed by atoms with van der Waals surface area (Å²) >= 11 is 3.37. The lowest BCUT2D eigenvalue weighted by molar-refractivity contribution is -0.384. The molecule has 0 aliphatic carbocycles. The first kappa shape index (κ1) is 24.6.